The molecule has 0 bridgehead atoms. The summed E-state index contributed by atoms with van der Waals surface area (Å²) in [6.45, 7) is 4.20. The quantitative estimate of drug-likeness (QED) is 0.316. The zero-order chi connectivity index (χ0) is 28.5. The number of nitrogens with one attached hydrogen (secondary N) is 2. The molecule has 208 valence electrons. The Kier molecular flexibility index (Phi) is 8.10. The van der Waals surface area contributed by atoms with Crippen molar-refractivity contribution in [3.63, 3.8) is 0 Å². The smallest absolute Gasteiger partial charge is 0.417 e. The van der Waals surface area contributed by atoms with Crippen molar-refractivity contribution in [2.24, 2.45) is 5.92 Å². The van der Waals surface area contributed by atoms with Gasteiger partial charge in [0.2, 0.25) is 5.91 Å². The average Bonchev–Trinajstić information content (AvgIpc) is 3.57. The van der Waals surface area contributed by atoms with Crippen LogP contribution in [0.2, 0.25) is 5.02 Å². The van der Waals surface area contributed by atoms with Gasteiger partial charge in [-0.15, -0.1) is 0 Å². The zero-order valence-corrected chi connectivity index (χ0v) is 22.4. The molecule has 8 nitrogen and oxygen atoms in total. The van der Waals surface area contributed by atoms with Crippen molar-refractivity contribution in [3.8, 4) is 22.4 Å². The maximum absolute atomic E-state index is 13.6. The van der Waals surface area contributed by atoms with Crippen LogP contribution in [0.15, 0.2) is 42.6 Å². The Morgan fingerprint density at radius 1 is 1.21 bits per heavy atom. The van der Waals surface area contributed by atoms with Crippen LogP contribution in [0.25, 0.3) is 22.4 Å². The minimum atomic E-state index is -4.60. The number of likely N-dealkylation sites (tertiary alicyclic amines) is 1. The molecule has 1 saturated heterocycles. The Morgan fingerprint density at radius 2 is 1.87 bits per heavy atom. The number of carbonyl (C=O) groups excluding carboxylic acids is 2. The number of hydrogen-bond donors (Lipinski definition) is 3. The summed E-state index contributed by atoms with van der Waals surface area (Å²) >= 11 is 6.02. The number of alkyl carbamates (subject to hydrolysis) is 1. The van der Waals surface area contributed by atoms with Crippen LogP contribution in [0.5, 0.6) is 0 Å². The van der Waals surface area contributed by atoms with Crippen molar-refractivity contribution in [2.75, 3.05) is 19.4 Å². The van der Waals surface area contributed by atoms with Gasteiger partial charge in [-0.2, -0.15) is 13.2 Å². The first kappa shape index (κ1) is 28.3. The molecule has 2 aromatic carbocycles. The Bertz CT molecular complexity index is 1360. The lowest BCUT2D eigenvalue weighted by Crippen LogP contribution is -2.51. The van der Waals surface area contributed by atoms with Gasteiger partial charge in [0.1, 0.15) is 11.9 Å². The summed E-state index contributed by atoms with van der Waals surface area (Å²) in [5.74, 6) is 0.213. The molecule has 0 aliphatic carbocycles. The van der Waals surface area contributed by atoms with Crippen LogP contribution < -0.4 is 11.1 Å². The van der Waals surface area contributed by atoms with Crippen LogP contribution >= 0.6 is 11.6 Å². The van der Waals surface area contributed by atoms with Gasteiger partial charge in [0.05, 0.1) is 41.3 Å². The highest BCUT2D eigenvalue weighted by Gasteiger charge is 2.38. The fraction of sp³-hybridized carbons (Fsp3) is 0.370. The number of rotatable bonds is 6. The SMILES string of the molecule is COC(=O)NC(C(=O)N1CCC[C@H]1c1ncc(-c2ccc(-c3cc(Cl)c(N)cc3C(F)(F)F)cc2)[nH]1)C(C)C. The molecule has 1 fully saturated rings. The first-order valence-electron chi connectivity index (χ1n) is 12.4. The highest BCUT2D eigenvalue weighted by molar-refractivity contribution is 6.33. The van der Waals surface area contributed by atoms with Crippen molar-refractivity contribution >= 4 is 29.3 Å². The second kappa shape index (κ2) is 11.2. The Labute approximate surface area is 228 Å². The third kappa shape index (κ3) is 5.98. The van der Waals surface area contributed by atoms with Gasteiger partial charge in [0.15, 0.2) is 0 Å². The number of nitrogens with zero attached hydrogens (tertiary/aromatic N) is 2. The van der Waals surface area contributed by atoms with Crippen LogP contribution in [0, 0.1) is 5.92 Å². The van der Waals surface area contributed by atoms with Gasteiger partial charge in [-0.05, 0) is 47.6 Å². The van der Waals surface area contributed by atoms with Crippen molar-refractivity contribution < 1.29 is 27.5 Å². The molecule has 2 amide bonds. The van der Waals surface area contributed by atoms with E-state index in [1.165, 1.54) is 13.2 Å². The van der Waals surface area contributed by atoms with Gasteiger partial charge >= 0.3 is 12.3 Å². The minimum Gasteiger partial charge on any atom is -0.453 e. The molecule has 1 aliphatic rings. The third-order valence-corrected chi connectivity index (χ3v) is 7.11. The van der Waals surface area contributed by atoms with Gasteiger partial charge in [-0.1, -0.05) is 49.7 Å². The van der Waals surface area contributed by atoms with Crippen LogP contribution in [0.3, 0.4) is 0 Å². The number of anilines is 1. The molecular formula is C27H29ClF3N5O3. The minimum absolute atomic E-state index is 0.0393. The number of aromatic nitrogens is 2. The molecule has 1 aliphatic heterocycles. The maximum atomic E-state index is 13.6. The number of alkyl halides is 3. The summed E-state index contributed by atoms with van der Waals surface area (Å²) in [6.07, 6.45) is -2.19. The van der Waals surface area contributed by atoms with Crippen molar-refractivity contribution in [1.82, 2.24) is 20.2 Å². The van der Waals surface area contributed by atoms with Gasteiger partial charge < -0.3 is 25.7 Å². The van der Waals surface area contributed by atoms with Crippen molar-refractivity contribution in [3.05, 3.63) is 59.0 Å². The molecule has 3 aromatic rings. The summed E-state index contributed by atoms with van der Waals surface area (Å²) < 4.78 is 45.6. The number of carbonyl (C=O) groups is 2. The Balaban J connectivity index is 1.57. The largest absolute Gasteiger partial charge is 0.453 e. The first-order chi connectivity index (χ1) is 18.4. The number of halogens is 4. The number of hydrogen-bond acceptors (Lipinski definition) is 5. The lowest BCUT2D eigenvalue weighted by Gasteiger charge is -2.30. The number of ether oxygens (including phenoxy) is 1. The Hall–Kier alpha value is -3.73. The number of imidazole rings is 1. The van der Waals surface area contributed by atoms with E-state index in [9.17, 15) is 22.8 Å². The fourth-order valence-electron chi connectivity index (χ4n) is 4.74. The predicted octanol–water partition coefficient (Wildman–Crippen LogP) is 6.04. The van der Waals surface area contributed by atoms with E-state index in [-0.39, 0.29) is 34.1 Å². The molecule has 1 aromatic heterocycles. The molecule has 4 N–H and O–H groups in total. The number of H-pyrrole nitrogens is 1. The summed E-state index contributed by atoms with van der Waals surface area (Å²) in [7, 11) is 1.24. The molecule has 0 radical (unpaired) electrons. The van der Waals surface area contributed by atoms with E-state index in [0.717, 1.165) is 12.5 Å². The van der Waals surface area contributed by atoms with E-state index < -0.39 is 23.9 Å². The topological polar surface area (TPSA) is 113 Å². The standard InChI is InChI=1S/C27H29ClF3N5O3/c1-14(2)23(35-26(38)39-3)25(37)36-10-4-5-22(36)24-33-13-21(34-24)16-8-6-15(7-9-16)17-11-19(28)20(32)12-18(17)27(29,30)31/h6-9,11-14,22-23H,4-5,10,32H2,1-3H3,(H,33,34)(H,35,38)/t22-,23?/m0/s1. The normalized spacial score (nSPS) is 16.4. The van der Waals surface area contributed by atoms with Crippen LogP contribution in [-0.2, 0) is 15.7 Å². The molecule has 0 saturated carbocycles. The summed E-state index contributed by atoms with van der Waals surface area (Å²) in [5, 5.41) is 2.66. The summed E-state index contributed by atoms with van der Waals surface area (Å²) in [5.41, 5.74) is 6.22. The number of nitrogen functional groups attached to an aromatic ring is 1. The lowest BCUT2D eigenvalue weighted by molar-refractivity contribution is -0.137. The van der Waals surface area contributed by atoms with Crippen LogP contribution in [0.1, 0.15) is 44.1 Å². The zero-order valence-electron chi connectivity index (χ0n) is 21.6. The van der Waals surface area contributed by atoms with Crippen LogP contribution in [0.4, 0.5) is 23.7 Å². The molecule has 2 heterocycles. The predicted molar refractivity (Wildman–Crippen MR) is 142 cm³/mol. The number of aromatic amines is 1. The number of methoxy groups -OCH3 is 1. The summed E-state index contributed by atoms with van der Waals surface area (Å²) in [6, 6.07) is 7.52. The second-order valence-corrected chi connectivity index (χ2v) is 10.1. The van der Waals surface area contributed by atoms with E-state index in [2.05, 4.69) is 20.0 Å². The van der Waals surface area contributed by atoms with Gasteiger partial charge in [-0.3, -0.25) is 4.79 Å². The monoisotopic (exact) mass is 563 g/mol. The van der Waals surface area contributed by atoms with E-state index in [4.69, 9.17) is 17.3 Å². The third-order valence-electron chi connectivity index (χ3n) is 6.79. The molecule has 2 atom stereocenters. The molecule has 12 heteroatoms. The van der Waals surface area contributed by atoms with E-state index >= 15 is 0 Å². The number of amides is 2. The average molecular weight is 564 g/mol. The Morgan fingerprint density at radius 3 is 2.49 bits per heavy atom. The van der Waals surface area contributed by atoms with Crippen molar-refractivity contribution in [1.29, 1.82) is 0 Å². The molecular weight excluding hydrogens is 535 g/mol. The molecule has 0 spiro atoms. The maximum Gasteiger partial charge on any atom is 0.417 e. The molecule has 4 rings (SSSR count). The number of nitrogens with two attached hydrogens (primary N) is 1. The van der Waals surface area contributed by atoms with E-state index in [1.807, 2.05) is 13.8 Å². The lowest BCUT2D eigenvalue weighted by atomic mass is 9.97. The van der Waals surface area contributed by atoms with Gasteiger partial charge in [0.25, 0.3) is 0 Å². The number of benzene rings is 2. The second-order valence-electron chi connectivity index (χ2n) is 9.72. The van der Waals surface area contributed by atoms with E-state index in [0.29, 0.717) is 35.6 Å². The van der Waals surface area contributed by atoms with Gasteiger partial charge in [0, 0.05) is 6.54 Å². The molecule has 39 heavy (non-hydrogen) atoms. The van der Waals surface area contributed by atoms with E-state index in [1.54, 1.807) is 35.4 Å². The summed E-state index contributed by atoms with van der Waals surface area (Å²) in [4.78, 5) is 34.6. The van der Waals surface area contributed by atoms with Crippen LogP contribution in [-0.4, -0.2) is 46.6 Å². The highest BCUT2D eigenvalue weighted by atomic mass is 35.5. The first-order valence-corrected chi connectivity index (χ1v) is 12.8. The fourth-order valence-corrected chi connectivity index (χ4v) is 4.90. The molecule has 1 unspecified atom stereocenters. The van der Waals surface area contributed by atoms with Gasteiger partial charge in [-0.25, -0.2) is 9.78 Å². The highest BCUT2D eigenvalue weighted by Crippen LogP contribution is 2.41. The van der Waals surface area contributed by atoms with Crippen molar-refractivity contribution in [2.45, 2.75) is 44.9 Å².